The number of aliphatic hydroxyl groups excluding tert-OH is 1. The number of rotatable bonds is 6. The van der Waals surface area contributed by atoms with Crippen LogP contribution in [0.2, 0.25) is 5.02 Å². The molecular weight excluding hydrogens is 288 g/mol. The van der Waals surface area contributed by atoms with E-state index >= 15 is 0 Å². The molecule has 1 atom stereocenters. The summed E-state index contributed by atoms with van der Waals surface area (Å²) in [5.41, 5.74) is 0.222. The maximum absolute atomic E-state index is 12.2. The summed E-state index contributed by atoms with van der Waals surface area (Å²) in [7, 11) is -3.80. The summed E-state index contributed by atoms with van der Waals surface area (Å²) < 4.78 is 26.8. The molecule has 104 valence electrons. The molecule has 7 heteroatoms. The van der Waals surface area contributed by atoms with Crippen LogP contribution in [0.25, 0.3) is 0 Å². The Bertz CT molecular complexity index is 581. The maximum atomic E-state index is 12.2. The van der Waals surface area contributed by atoms with Crippen molar-refractivity contribution in [1.82, 2.24) is 4.72 Å². The number of hydrogen-bond acceptors (Lipinski definition) is 4. The fourth-order valence-electron chi connectivity index (χ4n) is 1.56. The maximum Gasteiger partial charge on any atom is 0.242 e. The van der Waals surface area contributed by atoms with Gasteiger partial charge in [0.05, 0.1) is 16.7 Å². The number of hydrogen-bond donors (Lipinski definition) is 2. The van der Waals surface area contributed by atoms with E-state index in [0.717, 1.165) is 0 Å². The molecule has 1 aromatic carbocycles. The van der Waals surface area contributed by atoms with Gasteiger partial charge >= 0.3 is 0 Å². The molecule has 1 rings (SSSR count). The third kappa shape index (κ3) is 4.18. The van der Waals surface area contributed by atoms with Crippen LogP contribution in [0.1, 0.15) is 25.3 Å². The summed E-state index contributed by atoms with van der Waals surface area (Å²) in [6, 6.07) is 5.56. The monoisotopic (exact) mass is 302 g/mol. The summed E-state index contributed by atoms with van der Waals surface area (Å²) in [5.74, 6) is 0. The fraction of sp³-hybridized carbons (Fsp3) is 0.417. The highest BCUT2D eigenvalue weighted by Gasteiger charge is 2.21. The van der Waals surface area contributed by atoms with E-state index in [1.54, 1.807) is 0 Å². The minimum Gasteiger partial charge on any atom is -0.396 e. The second kappa shape index (κ2) is 6.87. The van der Waals surface area contributed by atoms with Crippen LogP contribution in [0.5, 0.6) is 0 Å². The first kappa shape index (κ1) is 15.9. The zero-order chi connectivity index (χ0) is 14.5. The lowest BCUT2D eigenvalue weighted by molar-refractivity contribution is 0.270. The molecule has 0 saturated carbocycles. The summed E-state index contributed by atoms with van der Waals surface area (Å²) in [6.07, 6.45) is 0.876. The van der Waals surface area contributed by atoms with Gasteiger partial charge in [0.2, 0.25) is 10.0 Å². The molecule has 0 bridgehead atoms. The summed E-state index contributed by atoms with van der Waals surface area (Å²) in [6.45, 7) is 1.71. The molecule has 0 aliphatic carbocycles. The van der Waals surface area contributed by atoms with E-state index in [0.29, 0.717) is 12.8 Å². The Balaban J connectivity index is 3.10. The molecule has 19 heavy (non-hydrogen) atoms. The van der Waals surface area contributed by atoms with Crippen LogP contribution in [0.15, 0.2) is 23.1 Å². The highest BCUT2D eigenvalue weighted by atomic mass is 35.5. The Morgan fingerprint density at radius 2 is 2.21 bits per heavy atom. The Hall–Kier alpha value is -1.13. The van der Waals surface area contributed by atoms with Gasteiger partial charge in [-0.15, -0.1) is 0 Å². The predicted octanol–water partition coefficient (Wildman–Crippen LogP) is 1.65. The van der Waals surface area contributed by atoms with Crippen molar-refractivity contribution in [1.29, 1.82) is 5.26 Å². The van der Waals surface area contributed by atoms with Gasteiger partial charge in [-0.25, -0.2) is 13.1 Å². The number of nitrogens with zero attached hydrogens (tertiary/aromatic N) is 1. The topological polar surface area (TPSA) is 90.2 Å². The summed E-state index contributed by atoms with van der Waals surface area (Å²) in [5, 5.41) is 17.7. The lowest BCUT2D eigenvalue weighted by atomic mass is 10.2. The van der Waals surface area contributed by atoms with Crippen molar-refractivity contribution in [2.75, 3.05) is 6.61 Å². The zero-order valence-corrected chi connectivity index (χ0v) is 12.0. The second-order valence-electron chi connectivity index (χ2n) is 4.00. The van der Waals surface area contributed by atoms with Gasteiger partial charge in [0.1, 0.15) is 4.90 Å². The van der Waals surface area contributed by atoms with Crippen LogP contribution in [0.3, 0.4) is 0 Å². The van der Waals surface area contributed by atoms with Crippen LogP contribution >= 0.6 is 11.6 Å². The number of sulfonamides is 1. The molecule has 5 nitrogen and oxygen atoms in total. The van der Waals surface area contributed by atoms with E-state index < -0.39 is 10.0 Å². The molecule has 0 saturated heterocycles. The smallest absolute Gasteiger partial charge is 0.242 e. The van der Waals surface area contributed by atoms with Crippen molar-refractivity contribution < 1.29 is 13.5 Å². The van der Waals surface area contributed by atoms with Gasteiger partial charge in [0.15, 0.2) is 0 Å². The molecule has 0 fully saturated rings. The lowest BCUT2D eigenvalue weighted by Gasteiger charge is -2.16. The summed E-state index contributed by atoms with van der Waals surface area (Å²) in [4.78, 5) is -0.121. The minimum atomic E-state index is -3.80. The predicted molar refractivity (Wildman–Crippen MR) is 72.3 cm³/mol. The number of halogens is 1. The van der Waals surface area contributed by atoms with Gasteiger partial charge in [-0.3, -0.25) is 0 Å². The largest absolute Gasteiger partial charge is 0.396 e. The number of nitrogens with one attached hydrogen (secondary N) is 1. The van der Waals surface area contributed by atoms with Crippen LogP contribution in [0, 0.1) is 11.3 Å². The average molecular weight is 303 g/mol. The van der Waals surface area contributed by atoms with Crippen molar-refractivity contribution in [2.24, 2.45) is 0 Å². The van der Waals surface area contributed by atoms with Crippen LogP contribution < -0.4 is 4.72 Å². The molecule has 0 spiro atoms. The average Bonchev–Trinajstić information content (AvgIpc) is 2.38. The first-order valence-electron chi connectivity index (χ1n) is 5.77. The van der Waals surface area contributed by atoms with E-state index in [1.807, 2.05) is 13.0 Å². The molecule has 0 aliphatic rings. The van der Waals surface area contributed by atoms with Crippen molar-refractivity contribution >= 4 is 21.6 Å². The quantitative estimate of drug-likeness (QED) is 0.836. The van der Waals surface area contributed by atoms with E-state index in [1.165, 1.54) is 18.2 Å². The Kier molecular flexibility index (Phi) is 5.76. The van der Waals surface area contributed by atoms with Gasteiger partial charge in [0, 0.05) is 12.6 Å². The first-order chi connectivity index (χ1) is 8.94. The molecule has 2 N–H and O–H groups in total. The van der Waals surface area contributed by atoms with E-state index in [9.17, 15) is 8.42 Å². The van der Waals surface area contributed by atoms with Gasteiger partial charge in [-0.1, -0.05) is 18.5 Å². The van der Waals surface area contributed by atoms with Crippen LogP contribution in [-0.2, 0) is 10.0 Å². The number of nitriles is 1. The van der Waals surface area contributed by atoms with Crippen molar-refractivity contribution in [2.45, 2.75) is 30.7 Å². The Morgan fingerprint density at radius 3 is 2.74 bits per heavy atom. The molecule has 0 amide bonds. The molecule has 1 unspecified atom stereocenters. The van der Waals surface area contributed by atoms with Crippen molar-refractivity contribution in [3.05, 3.63) is 28.8 Å². The molecular formula is C12H15ClN2O3S. The Labute approximate surface area is 117 Å². The Morgan fingerprint density at radius 1 is 1.53 bits per heavy atom. The number of benzene rings is 1. The van der Waals surface area contributed by atoms with Gasteiger partial charge < -0.3 is 5.11 Å². The van der Waals surface area contributed by atoms with E-state index in [-0.39, 0.29) is 28.1 Å². The third-order valence-corrected chi connectivity index (χ3v) is 4.64. The van der Waals surface area contributed by atoms with Crippen LogP contribution in [-0.4, -0.2) is 26.2 Å². The van der Waals surface area contributed by atoms with Crippen LogP contribution in [0.4, 0.5) is 0 Å². The normalized spacial score (nSPS) is 12.9. The molecule has 0 radical (unpaired) electrons. The molecule has 0 heterocycles. The minimum absolute atomic E-state index is 0.0605. The summed E-state index contributed by atoms with van der Waals surface area (Å²) >= 11 is 5.86. The van der Waals surface area contributed by atoms with E-state index in [2.05, 4.69) is 4.72 Å². The second-order valence-corrected chi connectivity index (χ2v) is 6.09. The van der Waals surface area contributed by atoms with Gasteiger partial charge in [-0.05, 0) is 31.0 Å². The number of aliphatic hydroxyl groups is 1. The standard InChI is InChI=1S/C12H15ClN2O3S/c1-2-10(5-6-16)15-19(17,18)12-7-9(8-14)3-4-11(12)13/h3-4,7,10,15-16H,2,5-6H2,1H3. The SMILES string of the molecule is CCC(CCO)NS(=O)(=O)c1cc(C#N)ccc1Cl. The highest BCUT2D eigenvalue weighted by Crippen LogP contribution is 2.23. The van der Waals surface area contributed by atoms with Gasteiger partial charge in [0.25, 0.3) is 0 Å². The zero-order valence-electron chi connectivity index (χ0n) is 10.4. The molecule has 0 aliphatic heterocycles. The van der Waals surface area contributed by atoms with E-state index in [4.69, 9.17) is 22.0 Å². The third-order valence-electron chi connectivity index (χ3n) is 2.64. The van der Waals surface area contributed by atoms with Gasteiger partial charge in [-0.2, -0.15) is 5.26 Å². The van der Waals surface area contributed by atoms with Crippen molar-refractivity contribution in [3.8, 4) is 6.07 Å². The highest BCUT2D eigenvalue weighted by molar-refractivity contribution is 7.89. The molecule has 1 aromatic rings. The van der Waals surface area contributed by atoms with Crippen molar-refractivity contribution in [3.63, 3.8) is 0 Å². The fourth-order valence-corrected chi connectivity index (χ4v) is 3.44. The first-order valence-corrected chi connectivity index (χ1v) is 7.63. The molecule has 0 aromatic heterocycles. The lowest BCUT2D eigenvalue weighted by Crippen LogP contribution is -2.35.